The van der Waals surface area contributed by atoms with E-state index in [9.17, 15) is 13.6 Å². The van der Waals surface area contributed by atoms with Crippen LogP contribution in [0.3, 0.4) is 0 Å². The zero-order valence-electron chi connectivity index (χ0n) is 16.0. The Bertz CT molecular complexity index is 1050. The van der Waals surface area contributed by atoms with Gasteiger partial charge in [-0.3, -0.25) is 9.89 Å². The summed E-state index contributed by atoms with van der Waals surface area (Å²) in [6.45, 7) is 5.16. The molecule has 1 fully saturated rings. The second kappa shape index (κ2) is 7.33. The van der Waals surface area contributed by atoms with E-state index in [0.717, 1.165) is 38.4 Å². The Morgan fingerprint density at radius 3 is 2.46 bits per heavy atom. The van der Waals surface area contributed by atoms with Crippen LogP contribution in [0.15, 0.2) is 23.0 Å². The van der Waals surface area contributed by atoms with Gasteiger partial charge in [0.1, 0.15) is 23.1 Å². The van der Waals surface area contributed by atoms with E-state index in [2.05, 4.69) is 20.0 Å². The minimum Gasteiger partial charge on any atom is -0.366 e. The number of nitrogens with zero attached hydrogens (tertiary/aromatic N) is 4. The molecule has 0 spiro atoms. The average molecular weight is 387 g/mol. The lowest BCUT2D eigenvalue weighted by Gasteiger charge is -2.33. The number of aromatic amines is 1. The fourth-order valence-corrected chi connectivity index (χ4v) is 4.05. The predicted molar refractivity (Wildman–Crippen MR) is 103 cm³/mol. The van der Waals surface area contributed by atoms with Crippen molar-refractivity contribution in [2.24, 2.45) is 5.92 Å². The van der Waals surface area contributed by atoms with E-state index >= 15 is 0 Å². The van der Waals surface area contributed by atoms with Crippen molar-refractivity contribution in [1.82, 2.24) is 19.6 Å². The number of piperidine rings is 1. The standard InChI is InChI=1S/C20H23F2N5O/c1-12-18(19(28)27-20(23-12)24-13(2)25-27)26-7-5-14(6-8-26)3-4-15-9-16(21)11-17(22)10-15/h9-11,14H,3-8H2,1-2H3,(H,23,24,25). The Balaban J connectivity index is 1.43. The number of hydrogen-bond acceptors (Lipinski definition) is 4. The summed E-state index contributed by atoms with van der Waals surface area (Å²) in [5.41, 5.74) is 1.87. The third kappa shape index (κ3) is 3.63. The molecular weight excluding hydrogens is 364 g/mol. The molecule has 6 nitrogen and oxygen atoms in total. The molecule has 3 heterocycles. The van der Waals surface area contributed by atoms with E-state index in [1.54, 1.807) is 6.92 Å². The second-order valence-electron chi connectivity index (χ2n) is 7.54. The molecule has 0 radical (unpaired) electrons. The van der Waals surface area contributed by atoms with Gasteiger partial charge < -0.3 is 4.90 Å². The summed E-state index contributed by atoms with van der Waals surface area (Å²) in [5, 5.41) is 2.93. The van der Waals surface area contributed by atoms with Crippen molar-refractivity contribution in [1.29, 1.82) is 0 Å². The highest BCUT2D eigenvalue weighted by atomic mass is 19.1. The second-order valence-corrected chi connectivity index (χ2v) is 7.54. The molecule has 0 aliphatic carbocycles. The van der Waals surface area contributed by atoms with E-state index in [1.165, 1.54) is 16.6 Å². The Labute approximate surface area is 161 Å². The van der Waals surface area contributed by atoms with Crippen LogP contribution in [0.2, 0.25) is 0 Å². The van der Waals surface area contributed by atoms with Crippen molar-refractivity contribution in [3.8, 4) is 0 Å². The Morgan fingerprint density at radius 2 is 1.79 bits per heavy atom. The van der Waals surface area contributed by atoms with Crippen LogP contribution in [0.4, 0.5) is 14.5 Å². The lowest BCUT2D eigenvalue weighted by molar-refractivity contribution is 0.380. The summed E-state index contributed by atoms with van der Waals surface area (Å²) in [6.07, 6.45) is 3.40. The van der Waals surface area contributed by atoms with Gasteiger partial charge in [0, 0.05) is 19.2 Å². The molecule has 1 aliphatic rings. The van der Waals surface area contributed by atoms with Gasteiger partial charge in [-0.15, -0.1) is 0 Å². The van der Waals surface area contributed by atoms with Gasteiger partial charge in [-0.05, 0) is 63.1 Å². The molecule has 3 aromatic rings. The van der Waals surface area contributed by atoms with Crippen LogP contribution in [0.25, 0.3) is 5.78 Å². The number of aryl methyl sites for hydroxylation is 3. The Kier molecular flexibility index (Phi) is 4.87. The maximum Gasteiger partial charge on any atom is 0.297 e. The molecule has 28 heavy (non-hydrogen) atoms. The van der Waals surface area contributed by atoms with E-state index in [-0.39, 0.29) is 5.56 Å². The summed E-state index contributed by atoms with van der Waals surface area (Å²) in [7, 11) is 0. The van der Waals surface area contributed by atoms with Crippen molar-refractivity contribution >= 4 is 11.5 Å². The monoisotopic (exact) mass is 387 g/mol. The third-order valence-corrected chi connectivity index (χ3v) is 5.45. The SMILES string of the molecule is Cc1nc2nc(C)c(N3CCC(CCc4cc(F)cc(F)c4)CC3)c(=O)n2[nH]1. The summed E-state index contributed by atoms with van der Waals surface area (Å²) in [4.78, 5) is 23.6. The van der Waals surface area contributed by atoms with Crippen molar-refractivity contribution in [3.63, 3.8) is 0 Å². The summed E-state index contributed by atoms with van der Waals surface area (Å²) in [5.74, 6) is 0.446. The fraction of sp³-hybridized carbons (Fsp3) is 0.450. The lowest BCUT2D eigenvalue weighted by Crippen LogP contribution is -2.38. The van der Waals surface area contributed by atoms with Crippen LogP contribution < -0.4 is 10.5 Å². The maximum atomic E-state index is 13.3. The van der Waals surface area contributed by atoms with Gasteiger partial charge in [-0.25, -0.2) is 13.8 Å². The van der Waals surface area contributed by atoms with Gasteiger partial charge in [0.05, 0.1) is 5.69 Å². The normalized spacial score (nSPS) is 15.5. The average Bonchev–Trinajstić information content (AvgIpc) is 3.01. The van der Waals surface area contributed by atoms with Crippen LogP contribution >= 0.6 is 0 Å². The number of fused-ring (bicyclic) bond motifs is 1. The van der Waals surface area contributed by atoms with Gasteiger partial charge in [0.15, 0.2) is 0 Å². The highest BCUT2D eigenvalue weighted by Gasteiger charge is 2.24. The van der Waals surface area contributed by atoms with E-state index < -0.39 is 11.6 Å². The smallest absolute Gasteiger partial charge is 0.297 e. The zero-order chi connectivity index (χ0) is 19.8. The van der Waals surface area contributed by atoms with Crippen LogP contribution in [-0.2, 0) is 6.42 Å². The van der Waals surface area contributed by atoms with Crippen molar-refractivity contribution in [2.45, 2.75) is 39.5 Å². The molecule has 8 heteroatoms. The molecule has 2 aromatic heterocycles. The predicted octanol–water partition coefficient (Wildman–Crippen LogP) is 3.16. The molecule has 0 bridgehead atoms. The zero-order valence-corrected chi connectivity index (χ0v) is 16.0. The largest absolute Gasteiger partial charge is 0.366 e. The minimum absolute atomic E-state index is 0.128. The molecular formula is C20H23F2N5O. The molecule has 1 N–H and O–H groups in total. The highest BCUT2D eigenvalue weighted by Crippen LogP contribution is 2.26. The quantitative estimate of drug-likeness (QED) is 0.747. The van der Waals surface area contributed by atoms with Gasteiger partial charge in [0.2, 0.25) is 0 Å². The number of rotatable bonds is 4. The first-order valence-corrected chi connectivity index (χ1v) is 9.56. The topological polar surface area (TPSA) is 66.3 Å². The molecule has 0 atom stereocenters. The number of anilines is 1. The first kappa shape index (κ1) is 18.6. The highest BCUT2D eigenvalue weighted by molar-refractivity contribution is 5.52. The third-order valence-electron chi connectivity index (χ3n) is 5.45. The van der Waals surface area contributed by atoms with Crippen LogP contribution in [0.1, 0.15) is 36.3 Å². The van der Waals surface area contributed by atoms with Crippen molar-refractivity contribution in [2.75, 3.05) is 18.0 Å². The van der Waals surface area contributed by atoms with Crippen molar-refractivity contribution in [3.05, 3.63) is 57.3 Å². The van der Waals surface area contributed by atoms with E-state index in [4.69, 9.17) is 0 Å². The van der Waals surface area contributed by atoms with Gasteiger partial charge in [-0.2, -0.15) is 9.50 Å². The molecule has 1 aliphatic heterocycles. The number of halogens is 2. The molecule has 0 amide bonds. The van der Waals surface area contributed by atoms with Crippen molar-refractivity contribution < 1.29 is 8.78 Å². The molecule has 4 rings (SSSR count). The van der Waals surface area contributed by atoms with Crippen LogP contribution in [0, 0.1) is 31.4 Å². The Hall–Kier alpha value is -2.77. The summed E-state index contributed by atoms with van der Waals surface area (Å²) < 4.78 is 28.1. The number of hydrogen-bond donors (Lipinski definition) is 1. The first-order chi connectivity index (χ1) is 13.4. The van der Waals surface area contributed by atoms with E-state index in [1.807, 2.05) is 6.92 Å². The minimum atomic E-state index is -0.530. The summed E-state index contributed by atoms with van der Waals surface area (Å²) in [6, 6.07) is 3.69. The molecule has 148 valence electrons. The number of H-pyrrole nitrogens is 1. The number of benzene rings is 1. The lowest BCUT2D eigenvalue weighted by atomic mass is 9.90. The molecule has 0 unspecified atom stereocenters. The van der Waals surface area contributed by atoms with Gasteiger partial charge in [0.25, 0.3) is 11.3 Å². The number of aromatic nitrogens is 4. The Morgan fingerprint density at radius 1 is 1.11 bits per heavy atom. The number of nitrogens with one attached hydrogen (secondary N) is 1. The van der Waals surface area contributed by atoms with Crippen LogP contribution in [0.5, 0.6) is 0 Å². The molecule has 0 saturated carbocycles. The fourth-order valence-electron chi connectivity index (χ4n) is 4.05. The maximum absolute atomic E-state index is 13.3. The summed E-state index contributed by atoms with van der Waals surface area (Å²) >= 11 is 0. The first-order valence-electron chi connectivity index (χ1n) is 9.56. The van der Waals surface area contributed by atoms with Gasteiger partial charge in [-0.1, -0.05) is 0 Å². The molecule has 1 saturated heterocycles. The van der Waals surface area contributed by atoms with E-state index in [0.29, 0.717) is 40.9 Å². The molecule has 1 aromatic carbocycles. The van der Waals surface area contributed by atoms with Gasteiger partial charge >= 0.3 is 0 Å². The van der Waals surface area contributed by atoms with Crippen LogP contribution in [-0.4, -0.2) is 32.7 Å².